The average Bonchev–Trinajstić information content (AvgIpc) is 3.38. The lowest BCUT2D eigenvalue weighted by molar-refractivity contribution is -0.179. The minimum Gasteiger partial charge on any atom is -0.378 e. The highest BCUT2D eigenvalue weighted by atomic mass is 35.5. The van der Waals surface area contributed by atoms with Crippen LogP contribution in [0.15, 0.2) is 46.1 Å². The van der Waals surface area contributed by atoms with E-state index < -0.39 is 23.3 Å². The fraction of sp³-hybridized carbons (Fsp3) is 0.500. The number of allylic oxidation sites excluding steroid dienone is 3. The summed E-state index contributed by atoms with van der Waals surface area (Å²) in [5, 5.41) is 7.01. The van der Waals surface area contributed by atoms with Crippen molar-refractivity contribution in [1.82, 2.24) is 5.32 Å². The Morgan fingerprint density at radius 3 is 2.84 bits per heavy atom. The van der Waals surface area contributed by atoms with E-state index in [-0.39, 0.29) is 24.8 Å². The maximum absolute atomic E-state index is 15.3. The van der Waals surface area contributed by atoms with Crippen molar-refractivity contribution in [3.63, 3.8) is 0 Å². The molecule has 0 spiro atoms. The Morgan fingerprint density at radius 1 is 1.38 bits per heavy atom. The van der Waals surface area contributed by atoms with Gasteiger partial charge in [-0.2, -0.15) is 0 Å². The Morgan fingerprint density at radius 2 is 2.16 bits per heavy atom. The van der Waals surface area contributed by atoms with E-state index in [4.69, 9.17) is 28.0 Å². The van der Waals surface area contributed by atoms with Gasteiger partial charge in [0.2, 0.25) is 11.5 Å². The Labute approximate surface area is 196 Å². The molecule has 3 aliphatic rings. The molecule has 0 aromatic heterocycles. The molecule has 8 heteroatoms. The van der Waals surface area contributed by atoms with Crippen LogP contribution in [-0.4, -0.2) is 28.5 Å². The molecule has 0 saturated heterocycles. The topological polar surface area (TPSA) is 50.7 Å². The number of amides is 1. The highest BCUT2D eigenvalue weighted by molar-refractivity contribution is 6.32. The maximum atomic E-state index is 15.3. The normalized spacial score (nSPS) is 27.2. The number of hydrogen-bond acceptors (Lipinski definition) is 3. The Kier molecular flexibility index (Phi) is 6.38. The van der Waals surface area contributed by atoms with Gasteiger partial charge in [-0.15, -0.1) is 11.6 Å². The van der Waals surface area contributed by atoms with Crippen LogP contribution in [0, 0.1) is 0 Å². The van der Waals surface area contributed by atoms with E-state index in [9.17, 15) is 4.79 Å². The van der Waals surface area contributed by atoms with Gasteiger partial charge in [0.25, 0.3) is 5.92 Å². The predicted octanol–water partition coefficient (Wildman–Crippen LogP) is 6.17. The number of fused-ring (bicyclic) bond motifs is 1. The van der Waals surface area contributed by atoms with Gasteiger partial charge >= 0.3 is 0 Å². The van der Waals surface area contributed by atoms with Crippen molar-refractivity contribution >= 4 is 34.8 Å². The number of oxime groups is 1. The number of halogens is 4. The van der Waals surface area contributed by atoms with Crippen molar-refractivity contribution in [2.24, 2.45) is 5.16 Å². The molecule has 0 radical (unpaired) electrons. The first-order chi connectivity index (χ1) is 15.2. The van der Waals surface area contributed by atoms with Crippen molar-refractivity contribution in [1.29, 1.82) is 0 Å². The number of nitrogens with one attached hydrogen (secondary N) is 1. The molecule has 1 aromatic rings. The molecule has 0 fully saturated rings. The number of alkyl halides is 3. The number of hydrogen-bond donors (Lipinski definition) is 1. The van der Waals surface area contributed by atoms with Crippen molar-refractivity contribution < 1.29 is 18.4 Å². The summed E-state index contributed by atoms with van der Waals surface area (Å²) < 4.78 is 30.6. The molecule has 3 atom stereocenters. The molecular formula is C24H26Cl2F2N2O2. The minimum absolute atomic E-state index is 0.0122. The van der Waals surface area contributed by atoms with E-state index >= 15 is 8.78 Å². The zero-order valence-corrected chi connectivity index (χ0v) is 19.6. The monoisotopic (exact) mass is 482 g/mol. The van der Waals surface area contributed by atoms with E-state index in [1.807, 2.05) is 25.1 Å². The lowest BCUT2D eigenvalue weighted by atomic mass is 9.77. The average molecular weight is 483 g/mol. The van der Waals surface area contributed by atoms with Gasteiger partial charge in [-0.1, -0.05) is 42.7 Å². The summed E-state index contributed by atoms with van der Waals surface area (Å²) in [5.41, 5.74) is 1.83. The van der Waals surface area contributed by atoms with Crippen molar-refractivity contribution in [2.75, 3.05) is 0 Å². The summed E-state index contributed by atoms with van der Waals surface area (Å²) in [4.78, 5) is 17.4. The molecule has 0 saturated carbocycles. The third kappa shape index (κ3) is 4.08. The smallest absolute Gasteiger partial charge is 0.293 e. The van der Waals surface area contributed by atoms with Gasteiger partial charge in [0, 0.05) is 24.3 Å². The molecule has 4 nitrogen and oxygen atoms in total. The van der Waals surface area contributed by atoms with Crippen molar-refractivity contribution in [3.05, 3.63) is 57.6 Å². The van der Waals surface area contributed by atoms with Crippen LogP contribution in [0.1, 0.15) is 68.7 Å². The van der Waals surface area contributed by atoms with E-state index in [2.05, 4.69) is 10.5 Å². The van der Waals surface area contributed by atoms with Crippen LogP contribution >= 0.6 is 23.2 Å². The molecule has 32 heavy (non-hydrogen) atoms. The molecule has 1 amide bonds. The number of carbonyl (C=O) groups excluding carboxylic acids is 1. The second-order valence-corrected chi connectivity index (χ2v) is 9.56. The molecule has 1 N–H and O–H groups in total. The summed E-state index contributed by atoms with van der Waals surface area (Å²) in [6.45, 7) is 3.25. The summed E-state index contributed by atoms with van der Waals surface area (Å²) in [7, 11) is 0. The predicted molar refractivity (Wildman–Crippen MR) is 122 cm³/mol. The van der Waals surface area contributed by atoms with E-state index in [1.165, 1.54) is 13.0 Å². The fourth-order valence-corrected chi connectivity index (χ4v) is 5.37. The quantitative estimate of drug-likeness (QED) is 0.492. The Balaban J connectivity index is 1.62. The molecular weight excluding hydrogens is 457 g/mol. The molecule has 3 unspecified atom stereocenters. The highest BCUT2D eigenvalue weighted by Crippen LogP contribution is 2.50. The molecule has 0 bridgehead atoms. The van der Waals surface area contributed by atoms with Gasteiger partial charge in [0.1, 0.15) is 0 Å². The second-order valence-electron chi connectivity index (χ2n) is 8.56. The SMILES string of the molecule is CCC(=O)NC1CCc2cc(C3=NOC(C4=CC(Cl)=CC(Cl)C4)(C(F)(F)CC)C3)ccc21. The van der Waals surface area contributed by atoms with Crippen molar-refractivity contribution in [2.45, 2.75) is 75.3 Å². The van der Waals surface area contributed by atoms with Gasteiger partial charge in [-0.3, -0.25) is 4.79 Å². The van der Waals surface area contributed by atoms with E-state index in [0.29, 0.717) is 22.7 Å². The highest BCUT2D eigenvalue weighted by Gasteiger charge is 2.61. The van der Waals surface area contributed by atoms with Gasteiger partial charge in [0.15, 0.2) is 0 Å². The second kappa shape index (κ2) is 8.79. The number of benzene rings is 1. The number of carbonyl (C=O) groups is 1. The summed E-state index contributed by atoms with van der Waals surface area (Å²) in [6.07, 6.45) is 4.99. The van der Waals surface area contributed by atoms with Crippen LogP contribution in [0.5, 0.6) is 0 Å². The van der Waals surface area contributed by atoms with Gasteiger partial charge in [-0.05, 0) is 59.7 Å². The van der Waals surface area contributed by atoms with Gasteiger partial charge < -0.3 is 10.2 Å². The zero-order valence-electron chi connectivity index (χ0n) is 18.1. The summed E-state index contributed by atoms with van der Waals surface area (Å²) in [6, 6.07) is 5.78. The first-order valence-electron chi connectivity index (χ1n) is 11.0. The standard InChI is InChI=1S/C24H26Cl2F2N2O2/c1-3-22(31)29-20-8-6-14-9-15(5-7-19(14)20)21-13-23(32-30-21,24(27,28)4-2)16-10-17(25)12-18(26)11-16/h5,7,9-10,12,18,20H,3-4,6,8,11,13H2,1-2H3,(H,29,31). The molecule has 4 rings (SSSR count). The van der Waals surface area contributed by atoms with Crippen LogP contribution in [-0.2, 0) is 16.1 Å². The molecule has 172 valence electrons. The number of aryl methyl sites for hydroxylation is 1. The molecule has 1 aliphatic heterocycles. The first-order valence-corrected chi connectivity index (χ1v) is 11.8. The number of nitrogens with zero attached hydrogens (tertiary/aromatic N) is 1. The van der Waals surface area contributed by atoms with Gasteiger partial charge in [-0.25, -0.2) is 8.78 Å². The van der Waals surface area contributed by atoms with Crippen LogP contribution in [0.3, 0.4) is 0 Å². The van der Waals surface area contributed by atoms with Crippen LogP contribution in [0.2, 0.25) is 0 Å². The third-order valence-electron chi connectivity index (χ3n) is 6.56. The Bertz CT molecular complexity index is 1020. The lowest BCUT2D eigenvalue weighted by Gasteiger charge is -2.37. The molecule has 1 heterocycles. The minimum atomic E-state index is -3.15. The van der Waals surface area contributed by atoms with Crippen LogP contribution in [0.25, 0.3) is 0 Å². The zero-order chi connectivity index (χ0) is 23.1. The first kappa shape index (κ1) is 23.2. The lowest BCUT2D eigenvalue weighted by Crippen LogP contribution is -2.50. The Hall–Kier alpha value is -1.92. The number of rotatable bonds is 6. The summed E-state index contributed by atoms with van der Waals surface area (Å²) in [5.74, 6) is -3.14. The van der Waals surface area contributed by atoms with E-state index in [1.54, 1.807) is 6.08 Å². The molecule has 1 aromatic carbocycles. The third-order valence-corrected chi connectivity index (χ3v) is 7.07. The van der Waals surface area contributed by atoms with E-state index in [0.717, 1.165) is 29.5 Å². The fourth-order valence-electron chi connectivity index (χ4n) is 4.72. The van der Waals surface area contributed by atoms with Crippen LogP contribution < -0.4 is 5.32 Å². The molecule has 2 aliphatic carbocycles. The largest absolute Gasteiger partial charge is 0.378 e. The van der Waals surface area contributed by atoms with Crippen LogP contribution in [0.4, 0.5) is 8.78 Å². The summed E-state index contributed by atoms with van der Waals surface area (Å²) >= 11 is 12.4. The maximum Gasteiger partial charge on any atom is 0.293 e. The van der Waals surface area contributed by atoms with Crippen molar-refractivity contribution in [3.8, 4) is 0 Å². The van der Waals surface area contributed by atoms with Gasteiger partial charge in [0.05, 0.1) is 17.1 Å².